The molecule has 0 bridgehead atoms. The average Bonchev–Trinajstić information content (AvgIpc) is 2.54. The van der Waals surface area contributed by atoms with Crippen LogP contribution in [-0.4, -0.2) is 30.5 Å². The van der Waals surface area contributed by atoms with E-state index in [0.29, 0.717) is 38.2 Å². The van der Waals surface area contributed by atoms with E-state index in [9.17, 15) is 19.3 Å². The standard InChI is InChI=1S/C16H22FN3O3/c1-2-3-8-18-16(21)12-6-9-19(10-7-12)15-11-13(17)4-5-14(15)20(22)23/h4-5,11-12H,2-3,6-10H2,1H3,(H,18,21). The number of rotatable bonds is 6. The number of carbonyl (C=O) groups excluding carboxylic acids is 1. The number of halogens is 1. The molecule has 1 aliphatic rings. The fraction of sp³-hybridized carbons (Fsp3) is 0.562. The molecule has 1 aromatic carbocycles. The number of piperidine rings is 1. The summed E-state index contributed by atoms with van der Waals surface area (Å²) in [4.78, 5) is 24.4. The minimum atomic E-state index is -0.502. The quantitative estimate of drug-likeness (QED) is 0.496. The molecule has 0 spiro atoms. The first kappa shape index (κ1) is 17.2. The molecule has 7 heteroatoms. The first-order valence-corrected chi connectivity index (χ1v) is 7.99. The van der Waals surface area contributed by atoms with Crippen LogP contribution in [0.1, 0.15) is 32.6 Å². The molecule has 0 atom stereocenters. The third-order valence-electron chi connectivity index (χ3n) is 4.17. The second-order valence-electron chi connectivity index (χ2n) is 5.80. The maximum Gasteiger partial charge on any atom is 0.292 e. The lowest BCUT2D eigenvalue weighted by Gasteiger charge is -2.32. The van der Waals surface area contributed by atoms with E-state index < -0.39 is 10.7 Å². The smallest absolute Gasteiger partial charge is 0.292 e. The number of benzene rings is 1. The fourth-order valence-electron chi connectivity index (χ4n) is 2.82. The van der Waals surface area contributed by atoms with E-state index in [-0.39, 0.29) is 17.5 Å². The number of anilines is 1. The first-order valence-electron chi connectivity index (χ1n) is 7.99. The number of unbranched alkanes of at least 4 members (excludes halogenated alkanes) is 1. The van der Waals surface area contributed by atoms with Crippen molar-refractivity contribution in [2.75, 3.05) is 24.5 Å². The van der Waals surface area contributed by atoms with Crippen molar-refractivity contribution in [2.24, 2.45) is 5.92 Å². The number of nitrogens with one attached hydrogen (secondary N) is 1. The molecule has 1 aliphatic heterocycles. The normalized spacial score (nSPS) is 15.5. The van der Waals surface area contributed by atoms with Crippen LogP contribution < -0.4 is 10.2 Å². The van der Waals surface area contributed by atoms with Crippen LogP contribution in [0.25, 0.3) is 0 Å². The van der Waals surface area contributed by atoms with E-state index in [1.165, 1.54) is 12.1 Å². The lowest BCUT2D eigenvalue weighted by atomic mass is 9.95. The zero-order valence-electron chi connectivity index (χ0n) is 13.3. The van der Waals surface area contributed by atoms with Gasteiger partial charge in [-0.15, -0.1) is 0 Å². The number of carbonyl (C=O) groups is 1. The van der Waals surface area contributed by atoms with Gasteiger partial charge in [-0.1, -0.05) is 13.3 Å². The van der Waals surface area contributed by atoms with Gasteiger partial charge in [0.05, 0.1) is 4.92 Å². The number of nitro benzene ring substituents is 1. The van der Waals surface area contributed by atoms with Crippen molar-refractivity contribution in [3.05, 3.63) is 34.1 Å². The lowest BCUT2D eigenvalue weighted by molar-refractivity contribution is -0.384. The third-order valence-corrected chi connectivity index (χ3v) is 4.17. The second-order valence-corrected chi connectivity index (χ2v) is 5.80. The number of nitro groups is 1. The van der Waals surface area contributed by atoms with Gasteiger partial charge in [0.2, 0.25) is 5.91 Å². The molecule has 1 heterocycles. The van der Waals surface area contributed by atoms with Gasteiger partial charge in [-0.05, 0) is 25.3 Å². The second kappa shape index (κ2) is 7.89. The lowest BCUT2D eigenvalue weighted by Crippen LogP contribution is -2.41. The Morgan fingerprint density at radius 1 is 1.43 bits per heavy atom. The van der Waals surface area contributed by atoms with E-state index >= 15 is 0 Å². The van der Waals surface area contributed by atoms with Crippen LogP contribution in [-0.2, 0) is 4.79 Å². The molecule has 1 fully saturated rings. The molecule has 2 rings (SSSR count). The van der Waals surface area contributed by atoms with Crippen molar-refractivity contribution in [3.63, 3.8) is 0 Å². The maximum atomic E-state index is 13.4. The van der Waals surface area contributed by atoms with E-state index in [4.69, 9.17) is 0 Å². The molecule has 0 radical (unpaired) electrons. The molecule has 0 saturated carbocycles. The minimum Gasteiger partial charge on any atom is -0.366 e. The molecule has 126 valence electrons. The Balaban J connectivity index is 1.98. The highest BCUT2D eigenvalue weighted by atomic mass is 19.1. The average molecular weight is 323 g/mol. The van der Waals surface area contributed by atoms with Crippen LogP contribution in [0.3, 0.4) is 0 Å². The maximum absolute atomic E-state index is 13.4. The topological polar surface area (TPSA) is 75.5 Å². The Labute approximate surface area is 134 Å². The monoisotopic (exact) mass is 323 g/mol. The summed E-state index contributed by atoms with van der Waals surface area (Å²) in [5.74, 6) is -0.521. The number of amides is 1. The predicted molar refractivity (Wildman–Crippen MR) is 85.9 cm³/mol. The molecule has 0 aromatic heterocycles. The number of nitrogens with zero attached hydrogens (tertiary/aromatic N) is 2. The van der Waals surface area contributed by atoms with Gasteiger partial charge < -0.3 is 10.2 Å². The molecule has 23 heavy (non-hydrogen) atoms. The summed E-state index contributed by atoms with van der Waals surface area (Å²) < 4.78 is 13.4. The molecule has 1 aromatic rings. The van der Waals surface area contributed by atoms with Gasteiger partial charge >= 0.3 is 0 Å². The van der Waals surface area contributed by atoms with Crippen molar-refractivity contribution in [1.29, 1.82) is 0 Å². The molecule has 1 saturated heterocycles. The largest absolute Gasteiger partial charge is 0.366 e. The van der Waals surface area contributed by atoms with Gasteiger partial charge in [0.1, 0.15) is 11.5 Å². The van der Waals surface area contributed by atoms with Crippen LogP contribution in [0, 0.1) is 21.8 Å². The molecular weight excluding hydrogens is 301 g/mol. The van der Waals surface area contributed by atoms with Crippen molar-refractivity contribution in [1.82, 2.24) is 5.32 Å². The highest BCUT2D eigenvalue weighted by Gasteiger charge is 2.28. The Kier molecular flexibility index (Phi) is 5.90. The summed E-state index contributed by atoms with van der Waals surface area (Å²) in [5, 5.41) is 14.0. The highest BCUT2D eigenvalue weighted by Crippen LogP contribution is 2.32. The van der Waals surface area contributed by atoms with E-state index in [0.717, 1.165) is 18.9 Å². The SMILES string of the molecule is CCCCNC(=O)C1CCN(c2cc(F)ccc2[N+](=O)[O-])CC1. The van der Waals surface area contributed by atoms with Gasteiger partial charge in [0.15, 0.2) is 0 Å². The summed E-state index contributed by atoms with van der Waals surface area (Å²) in [6, 6.07) is 3.48. The van der Waals surface area contributed by atoms with Crippen molar-refractivity contribution < 1.29 is 14.1 Å². The van der Waals surface area contributed by atoms with Crippen molar-refractivity contribution in [3.8, 4) is 0 Å². The number of hydrogen-bond acceptors (Lipinski definition) is 4. The van der Waals surface area contributed by atoms with Crippen LogP contribution in [0.2, 0.25) is 0 Å². The van der Waals surface area contributed by atoms with E-state index in [1.807, 2.05) is 0 Å². The molecule has 0 unspecified atom stereocenters. The molecule has 6 nitrogen and oxygen atoms in total. The Bertz CT molecular complexity index is 572. The summed E-state index contributed by atoms with van der Waals surface area (Å²) in [6.45, 7) is 3.77. The zero-order valence-corrected chi connectivity index (χ0v) is 13.3. The molecular formula is C16H22FN3O3. The summed E-state index contributed by atoms with van der Waals surface area (Å²) in [5.41, 5.74) is 0.192. The van der Waals surface area contributed by atoms with Crippen LogP contribution in [0.4, 0.5) is 15.8 Å². The summed E-state index contributed by atoms with van der Waals surface area (Å²) in [6.07, 6.45) is 3.22. The fourth-order valence-corrected chi connectivity index (χ4v) is 2.82. The Hall–Kier alpha value is -2.18. The first-order chi connectivity index (χ1) is 11.0. The molecule has 1 N–H and O–H groups in total. The Morgan fingerprint density at radius 2 is 2.13 bits per heavy atom. The van der Waals surface area contributed by atoms with Crippen LogP contribution in [0.15, 0.2) is 18.2 Å². The summed E-state index contributed by atoms with van der Waals surface area (Å²) >= 11 is 0. The summed E-state index contributed by atoms with van der Waals surface area (Å²) in [7, 11) is 0. The van der Waals surface area contributed by atoms with E-state index in [2.05, 4.69) is 12.2 Å². The molecule has 1 amide bonds. The highest BCUT2D eigenvalue weighted by molar-refractivity contribution is 5.79. The van der Waals surface area contributed by atoms with Gasteiger partial charge in [-0.25, -0.2) is 4.39 Å². The van der Waals surface area contributed by atoms with E-state index in [1.54, 1.807) is 4.90 Å². The Morgan fingerprint density at radius 3 is 2.74 bits per heavy atom. The van der Waals surface area contributed by atoms with Crippen LogP contribution in [0.5, 0.6) is 0 Å². The third kappa shape index (κ3) is 4.40. The predicted octanol–water partition coefficient (Wildman–Crippen LogP) is 2.87. The number of hydrogen-bond donors (Lipinski definition) is 1. The van der Waals surface area contributed by atoms with Gasteiger partial charge in [0.25, 0.3) is 5.69 Å². The van der Waals surface area contributed by atoms with Crippen molar-refractivity contribution in [2.45, 2.75) is 32.6 Å². The van der Waals surface area contributed by atoms with Gasteiger partial charge in [0, 0.05) is 37.7 Å². The van der Waals surface area contributed by atoms with Gasteiger partial charge in [-0.3, -0.25) is 14.9 Å². The van der Waals surface area contributed by atoms with Gasteiger partial charge in [-0.2, -0.15) is 0 Å². The zero-order chi connectivity index (χ0) is 16.8. The van der Waals surface area contributed by atoms with Crippen molar-refractivity contribution >= 4 is 17.3 Å². The van der Waals surface area contributed by atoms with Crippen LogP contribution >= 0.6 is 0 Å². The molecule has 0 aliphatic carbocycles. The minimum absolute atomic E-state index is 0.0480.